The van der Waals surface area contributed by atoms with E-state index in [9.17, 15) is 19.5 Å². The Morgan fingerprint density at radius 2 is 1.76 bits per heavy atom. The normalized spacial score (nSPS) is 30.2. The molecule has 2 saturated carbocycles. The van der Waals surface area contributed by atoms with Crippen molar-refractivity contribution in [1.82, 2.24) is 0 Å². The molecule has 3 aliphatic carbocycles. The highest BCUT2D eigenvalue weighted by Crippen LogP contribution is 2.57. The summed E-state index contributed by atoms with van der Waals surface area (Å²) in [5, 5.41) is 13.3. The second-order valence-electron chi connectivity index (χ2n) is 9.04. The van der Waals surface area contributed by atoms with Crippen LogP contribution in [-0.4, -0.2) is 22.9 Å². The molecular weight excluding hydrogens is 388 g/mol. The first-order valence-corrected chi connectivity index (χ1v) is 11.2. The molecule has 3 aliphatic rings. The lowest BCUT2D eigenvalue weighted by Gasteiger charge is -2.26. The SMILES string of the molecule is CC(C)=C1[C@H]2CC[C@@H]1[C@@H](C(=O)Nc1sc3c(c1C(N)=O)CC[C@@H](C)C3)[C@@H]2C(=O)O. The first kappa shape index (κ1) is 20.1. The smallest absolute Gasteiger partial charge is 0.307 e. The van der Waals surface area contributed by atoms with Crippen molar-refractivity contribution in [3.05, 3.63) is 27.2 Å². The Morgan fingerprint density at radius 3 is 2.34 bits per heavy atom. The van der Waals surface area contributed by atoms with Crippen LogP contribution in [0, 0.1) is 29.6 Å². The highest BCUT2D eigenvalue weighted by atomic mass is 32.1. The van der Waals surface area contributed by atoms with Gasteiger partial charge in [0.2, 0.25) is 5.91 Å². The number of rotatable bonds is 4. The van der Waals surface area contributed by atoms with E-state index in [1.54, 1.807) is 0 Å². The van der Waals surface area contributed by atoms with Gasteiger partial charge in [0.05, 0.1) is 17.4 Å². The maximum Gasteiger partial charge on any atom is 0.307 e. The molecule has 2 bridgehead atoms. The number of carboxylic acids is 1. The van der Waals surface area contributed by atoms with Gasteiger partial charge in [0.15, 0.2) is 0 Å². The number of nitrogens with one attached hydrogen (secondary N) is 1. The average Bonchev–Trinajstić information content (AvgIpc) is 3.29. The largest absolute Gasteiger partial charge is 0.481 e. The lowest BCUT2D eigenvalue weighted by molar-refractivity contribution is -0.148. The number of thiophene rings is 1. The summed E-state index contributed by atoms with van der Waals surface area (Å²) < 4.78 is 0. The van der Waals surface area contributed by atoms with Gasteiger partial charge in [0, 0.05) is 4.88 Å². The van der Waals surface area contributed by atoms with Gasteiger partial charge in [-0.15, -0.1) is 11.3 Å². The van der Waals surface area contributed by atoms with Crippen molar-refractivity contribution < 1.29 is 19.5 Å². The summed E-state index contributed by atoms with van der Waals surface area (Å²) in [4.78, 5) is 38.6. The molecule has 0 aliphatic heterocycles. The van der Waals surface area contributed by atoms with Crippen LogP contribution in [-0.2, 0) is 22.4 Å². The number of hydrogen-bond acceptors (Lipinski definition) is 4. The van der Waals surface area contributed by atoms with E-state index in [1.807, 2.05) is 13.8 Å². The number of allylic oxidation sites excluding steroid dienone is 2. The summed E-state index contributed by atoms with van der Waals surface area (Å²) in [6.07, 6.45) is 4.32. The zero-order valence-electron chi connectivity index (χ0n) is 17.1. The van der Waals surface area contributed by atoms with Gasteiger partial charge in [0.25, 0.3) is 5.91 Å². The van der Waals surface area contributed by atoms with Gasteiger partial charge in [0.1, 0.15) is 5.00 Å². The Bertz CT molecular complexity index is 927. The van der Waals surface area contributed by atoms with Crippen LogP contribution in [0.4, 0.5) is 5.00 Å². The number of amides is 2. The molecule has 4 rings (SSSR count). The summed E-state index contributed by atoms with van der Waals surface area (Å²) in [5.74, 6) is -2.60. The minimum absolute atomic E-state index is 0.0299. The average molecular weight is 417 g/mol. The fraction of sp³-hybridized carbons (Fsp3) is 0.591. The second-order valence-corrected chi connectivity index (χ2v) is 10.2. The van der Waals surface area contributed by atoms with Crippen molar-refractivity contribution in [2.75, 3.05) is 5.32 Å². The van der Waals surface area contributed by atoms with Crippen LogP contribution < -0.4 is 11.1 Å². The van der Waals surface area contributed by atoms with Crippen LogP contribution in [0.15, 0.2) is 11.1 Å². The molecule has 156 valence electrons. The summed E-state index contributed by atoms with van der Waals surface area (Å²) in [6, 6.07) is 0. The maximum absolute atomic E-state index is 13.3. The predicted octanol–water partition coefficient (Wildman–Crippen LogP) is 3.60. The number of carboxylic acid groups (broad SMARTS) is 1. The van der Waals surface area contributed by atoms with Crippen LogP contribution in [0.25, 0.3) is 0 Å². The fourth-order valence-electron chi connectivity index (χ4n) is 5.90. The molecule has 0 spiro atoms. The van der Waals surface area contributed by atoms with Crippen molar-refractivity contribution >= 4 is 34.1 Å². The van der Waals surface area contributed by atoms with Gasteiger partial charge in [-0.3, -0.25) is 14.4 Å². The zero-order valence-corrected chi connectivity index (χ0v) is 17.9. The molecule has 0 aromatic carbocycles. The molecule has 0 unspecified atom stereocenters. The number of carbonyl (C=O) groups excluding carboxylic acids is 2. The van der Waals surface area contributed by atoms with E-state index in [-0.39, 0.29) is 17.7 Å². The molecule has 0 radical (unpaired) electrons. The Morgan fingerprint density at radius 1 is 1.10 bits per heavy atom. The molecule has 2 fully saturated rings. The number of aliphatic carboxylic acids is 1. The Labute approximate surface area is 174 Å². The maximum atomic E-state index is 13.3. The van der Waals surface area contributed by atoms with E-state index in [2.05, 4.69) is 12.2 Å². The third kappa shape index (κ3) is 3.19. The molecule has 1 aromatic rings. The molecule has 2 amide bonds. The minimum Gasteiger partial charge on any atom is -0.481 e. The number of hydrogen-bond donors (Lipinski definition) is 3. The quantitative estimate of drug-likeness (QED) is 0.651. The third-order valence-corrected chi connectivity index (χ3v) is 8.17. The number of fused-ring (bicyclic) bond motifs is 3. The van der Waals surface area contributed by atoms with Crippen LogP contribution in [0.2, 0.25) is 0 Å². The molecule has 1 aromatic heterocycles. The highest BCUT2D eigenvalue weighted by molar-refractivity contribution is 7.17. The van der Waals surface area contributed by atoms with Gasteiger partial charge in [-0.25, -0.2) is 0 Å². The molecule has 7 heteroatoms. The Balaban J connectivity index is 1.67. The minimum atomic E-state index is -0.912. The van der Waals surface area contributed by atoms with Gasteiger partial charge in [-0.05, 0) is 69.3 Å². The van der Waals surface area contributed by atoms with Gasteiger partial charge in [-0.1, -0.05) is 18.1 Å². The molecule has 6 nitrogen and oxygen atoms in total. The lowest BCUT2D eigenvalue weighted by Crippen LogP contribution is -2.38. The van der Waals surface area contributed by atoms with Crippen molar-refractivity contribution in [2.24, 2.45) is 35.3 Å². The number of primary amides is 1. The van der Waals surface area contributed by atoms with E-state index in [1.165, 1.54) is 11.3 Å². The van der Waals surface area contributed by atoms with Gasteiger partial charge < -0.3 is 16.2 Å². The first-order valence-electron chi connectivity index (χ1n) is 10.4. The number of nitrogens with two attached hydrogens (primary N) is 1. The third-order valence-electron chi connectivity index (χ3n) is 7.00. The first-order chi connectivity index (χ1) is 13.7. The van der Waals surface area contributed by atoms with Crippen molar-refractivity contribution in [3.8, 4) is 0 Å². The van der Waals surface area contributed by atoms with Gasteiger partial charge >= 0.3 is 5.97 Å². The highest BCUT2D eigenvalue weighted by Gasteiger charge is 2.57. The van der Waals surface area contributed by atoms with Crippen LogP contribution in [0.3, 0.4) is 0 Å². The topological polar surface area (TPSA) is 109 Å². The van der Waals surface area contributed by atoms with E-state index in [4.69, 9.17) is 5.73 Å². The van der Waals surface area contributed by atoms with Crippen molar-refractivity contribution in [2.45, 2.75) is 52.9 Å². The van der Waals surface area contributed by atoms with E-state index < -0.39 is 23.7 Å². The summed E-state index contributed by atoms with van der Waals surface area (Å²) in [5.41, 5.74) is 9.31. The molecule has 4 N–H and O–H groups in total. The van der Waals surface area contributed by atoms with E-state index in [0.717, 1.165) is 53.7 Å². The Hall–Kier alpha value is -2.15. The molecule has 5 atom stereocenters. The zero-order chi connectivity index (χ0) is 21.0. The van der Waals surface area contributed by atoms with E-state index in [0.29, 0.717) is 16.5 Å². The molecule has 0 saturated heterocycles. The van der Waals surface area contributed by atoms with E-state index >= 15 is 0 Å². The molecule has 1 heterocycles. The predicted molar refractivity (Wildman–Crippen MR) is 112 cm³/mol. The van der Waals surface area contributed by atoms with Crippen molar-refractivity contribution in [1.29, 1.82) is 0 Å². The fourth-order valence-corrected chi connectivity index (χ4v) is 7.32. The molecule has 29 heavy (non-hydrogen) atoms. The summed E-state index contributed by atoms with van der Waals surface area (Å²) in [6.45, 7) is 6.18. The van der Waals surface area contributed by atoms with Crippen LogP contribution in [0.1, 0.15) is 60.8 Å². The molecular formula is C22H28N2O4S. The number of anilines is 1. The van der Waals surface area contributed by atoms with Crippen LogP contribution >= 0.6 is 11.3 Å². The summed E-state index contributed by atoms with van der Waals surface area (Å²) >= 11 is 1.43. The standard InChI is InChI=1S/C22H28N2O4S/c1-9(2)15-12-6-7-13(15)17(22(27)28)16(12)20(26)24-21-18(19(23)25)11-5-4-10(3)8-14(11)29-21/h10,12-13,16-17H,4-8H2,1-3H3,(H2,23,25)(H,24,26)(H,27,28)/t10-,12+,13-,16-,17-/m1/s1. The van der Waals surface area contributed by atoms with Crippen LogP contribution in [0.5, 0.6) is 0 Å². The lowest BCUT2D eigenvalue weighted by atomic mass is 9.78. The number of carbonyl (C=O) groups is 3. The Kier molecular flexibility index (Phi) is 5.05. The van der Waals surface area contributed by atoms with Gasteiger partial charge in [-0.2, -0.15) is 0 Å². The summed E-state index contributed by atoms with van der Waals surface area (Å²) in [7, 11) is 0. The van der Waals surface area contributed by atoms with Crippen molar-refractivity contribution in [3.63, 3.8) is 0 Å². The second kappa shape index (κ2) is 7.27. The monoisotopic (exact) mass is 416 g/mol.